The second kappa shape index (κ2) is 7.33. The summed E-state index contributed by atoms with van der Waals surface area (Å²) in [6, 6.07) is 6.67. The van der Waals surface area contributed by atoms with E-state index in [2.05, 4.69) is 15.5 Å². The molecule has 2 aromatic heterocycles. The number of aryl methyl sites for hydroxylation is 1. The molecule has 1 amide bonds. The van der Waals surface area contributed by atoms with E-state index >= 15 is 8.78 Å². The molecule has 0 spiro atoms. The first-order chi connectivity index (χ1) is 16.1. The van der Waals surface area contributed by atoms with Gasteiger partial charge in [0.2, 0.25) is 0 Å². The summed E-state index contributed by atoms with van der Waals surface area (Å²) in [7, 11) is 1.56. The lowest BCUT2D eigenvalue weighted by Crippen LogP contribution is -2.40. The van der Waals surface area contributed by atoms with Crippen molar-refractivity contribution in [2.45, 2.75) is 12.5 Å². The van der Waals surface area contributed by atoms with Gasteiger partial charge in [-0.3, -0.25) is 20.3 Å². The lowest BCUT2D eigenvalue weighted by molar-refractivity contribution is 0.0656. The van der Waals surface area contributed by atoms with Crippen LogP contribution in [0.4, 0.5) is 17.6 Å². The van der Waals surface area contributed by atoms with Crippen molar-refractivity contribution in [3.8, 4) is 11.3 Å². The van der Waals surface area contributed by atoms with Crippen LogP contribution in [0.5, 0.6) is 0 Å². The Morgan fingerprint density at radius 3 is 2.65 bits per heavy atom. The van der Waals surface area contributed by atoms with E-state index in [1.807, 2.05) is 0 Å². The van der Waals surface area contributed by atoms with Gasteiger partial charge in [-0.1, -0.05) is 0 Å². The SMILES string of the molecule is Cn1cc2cc(C(F)(F)C(=N)n3nc(-c4cc(F)c5c(c4)CNC5=O)ccc3=N)c(F)cc2n1. The van der Waals surface area contributed by atoms with Crippen molar-refractivity contribution in [2.75, 3.05) is 0 Å². The smallest absolute Gasteiger partial charge is 0.334 e. The van der Waals surface area contributed by atoms with Gasteiger partial charge < -0.3 is 5.32 Å². The Kier molecular flexibility index (Phi) is 4.64. The van der Waals surface area contributed by atoms with Gasteiger partial charge in [0.25, 0.3) is 5.91 Å². The fraction of sp³-hybridized carbons (Fsp3) is 0.136. The number of nitrogens with zero attached hydrogens (tertiary/aromatic N) is 4. The third-order valence-electron chi connectivity index (χ3n) is 5.52. The molecule has 8 nitrogen and oxygen atoms in total. The fourth-order valence-electron chi connectivity index (χ4n) is 3.89. The number of carbonyl (C=O) groups is 1. The van der Waals surface area contributed by atoms with Crippen molar-refractivity contribution in [3.05, 3.63) is 76.4 Å². The Morgan fingerprint density at radius 2 is 1.88 bits per heavy atom. The zero-order valence-corrected chi connectivity index (χ0v) is 17.5. The molecule has 1 aliphatic heterocycles. The Hall–Kier alpha value is -4.35. The van der Waals surface area contributed by atoms with Crippen molar-refractivity contribution in [2.24, 2.45) is 7.05 Å². The molecule has 34 heavy (non-hydrogen) atoms. The van der Waals surface area contributed by atoms with Gasteiger partial charge >= 0.3 is 5.92 Å². The van der Waals surface area contributed by atoms with Gasteiger partial charge in [0.1, 0.15) is 17.1 Å². The van der Waals surface area contributed by atoms with Crippen LogP contribution in [-0.4, -0.2) is 31.3 Å². The van der Waals surface area contributed by atoms with Crippen LogP contribution in [0, 0.1) is 22.5 Å². The highest BCUT2D eigenvalue weighted by atomic mass is 19.3. The molecule has 0 fully saturated rings. The molecule has 0 aliphatic carbocycles. The number of halogens is 4. The Labute approximate surface area is 188 Å². The van der Waals surface area contributed by atoms with Crippen LogP contribution < -0.4 is 10.8 Å². The number of nitrogens with one attached hydrogen (secondary N) is 3. The van der Waals surface area contributed by atoms with Crippen LogP contribution in [0.2, 0.25) is 0 Å². The zero-order chi connectivity index (χ0) is 24.4. The molecule has 0 unspecified atom stereocenters. The summed E-state index contributed by atoms with van der Waals surface area (Å²) in [5, 5.41) is 26.7. The molecule has 3 N–H and O–H groups in total. The highest BCUT2D eigenvalue weighted by Gasteiger charge is 2.42. The van der Waals surface area contributed by atoms with E-state index in [0.717, 1.165) is 24.3 Å². The molecule has 0 radical (unpaired) electrons. The summed E-state index contributed by atoms with van der Waals surface area (Å²) < 4.78 is 61.3. The second-order valence-electron chi connectivity index (χ2n) is 7.81. The summed E-state index contributed by atoms with van der Waals surface area (Å²) in [6.07, 6.45) is 1.43. The number of fused-ring (bicyclic) bond motifs is 2. The Bertz CT molecular complexity index is 1590. The lowest BCUT2D eigenvalue weighted by Gasteiger charge is -2.20. The first-order valence-electron chi connectivity index (χ1n) is 9.93. The molecular weight excluding hydrogens is 454 g/mol. The standard InChI is InChI=1S/C22H15F4N7O/c1-32-9-12-5-13(14(23)7-17(12)30-32)22(25,26)21(28)33-18(27)3-2-16(31-33)10-4-11-8-29-20(34)19(11)15(24)6-10/h2-7,9,27-28H,8H2,1H3,(H,29,34). The first-order valence-corrected chi connectivity index (χ1v) is 9.93. The van der Waals surface area contributed by atoms with E-state index in [-0.39, 0.29) is 34.3 Å². The number of hydrogen-bond acceptors (Lipinski definition) is 5. The van der Waals surface area contributed by atoms with E-state index in [9.17, 15) is 13.6 Å². The minimum absolute atomic E-state index is 0.0132. The van der Waals surface area contributed by atoms with E-state index in [1.54, 1.807) is 7.05 Å². The first kappa shape index (κ1) is 21.5. The van der Waals surface area contributed by atoms with Gasteiger partial charge in [0.05, 0.1) is 22.3 Å². The number of alkyl halides is 2. The zero-order valence-electron chi connectivity index (χ0n) is 17.5. The van der Waals surface area contributed by atoms with Crippen molar-refractivity contribution in [1.29, 1.82) is 10.8 Å². The molecule has 0 bridgehead atoms. The topological polar surface area (TPSA) is 112 Å². The van der Waals surface area contributed by atoms with Crippen LogP contribution in [0.3, 0.4) is 0 Å². The fourth-order valence-corrected chi connectivity index (χ4v) is 3.89. The largest absolute Gasteiger partial charge is 0.348 e. The molecule has 2 aromatic carbocycles. The molecule has 12 heteroatoms. The van der Waals surface area contributed by atoms with Crippen molar-refractivity contribution in [3.63, 3.8) is 0 Å². The molecular formula is C22H15F4N7O. The Morgan fingerprint density at radius 1 is 1.12 bits per heavy atom. The summed E-state index contributed by atoms with van der Waals surface area (Å²) in [6.45, 7) is 0.0967. The number of amides is 1. The molecule has 0 saturated carbocycles. The van der Waals surface area contributed by atoms with Crippen molar-refractivity contribution in [1.82, 2.24) is 24.9 Å². The molecule has 0 atom stereocenters. The highest BCUT2D eigenvalue weighted by molar-refractivity contribution is 5.99. The van der Waals surface area contributed by atoms with Gasteiger partial charge in [-0.15, -0.1) is 0 Å². The highest BCUT2D eigenvalue weighted by Crippen LogP contribution is 2.34. The predicted molar refractivity (Wildman–Crippen MR) is 112 cm³/mol. The van der Waals surface area contributed by atoms with E-state index in [0.29, 0.717) is 10.2 Å². The second-order valence-corrected chi connectivity index (χ2v) is 7.81. The lowest BCUT2D eigenvalue weighted by atomic mass is 10.0. The van der Waals surface area contributed by atoms with Crippen molar-refractivity contribution < 1.29 is 22.4 Å². The van der Waals surface area contributed by atoms with Crippen LogP contribution in [-0.2, 0) is 19.5 Å². The van der Waals surface area contributed by atoms with E-state index < -0.39 is 40.4 Å². The minimum Gasteiger partial charge on any atom is -0.348 e. The van der Waals surface area contributed by atoms with Crippen LogP contribution in [0.15, 0.2) is 42.6 Å². The number of hydrogen-bond donors (Lipinski definition) is 3. The molecule has 3 heterocycles. The number of rotatable bonds is 3. The molecule has 5 rings (SSSR count). The van der Waals surface area contributed by atoms with Gasteiger partial charge in [0.15, 0.2) is 5.84 Å². The molecule has 1 aliphatic rings. The number of benzene rings is 2. The monoisotopic (exact) mass is 469 g/mol. The number of aromatic nitrogens is 4. The summed E-state index contributed by atoms with van der Waals surface area (Å²) in [5.74, 6) is -8.24. The van der Waals surface area contributed by atoms with E-state index in [4.69, 9.17) is 10.8 Å². The van der Waals surface area contributed by atoms with Gasteiger partial charge in [0, 0.05) is 36.8 Å². The normalized spacial score (nSPS) is 13.3. The summed E-state index contributed by atoms with van der Waals surface area (Å²) in [5.41, 5.74) is -1.03. The Balaban J connectivity index is 1.58. The van der Waals surface area contributed by atoms with Gasteiger partial charge in [-0.2, -0.15) is 23.7 Å². The molecule has 172 valence electrons. The van der Waals surface area contributed by atoms with Crippen LogP contribution in [0.1, 0.15) is 21.5 Å². The van der Waals surface area contributed by atoms with E-state index in [1.165, 1.54) is 23.0 Å². The number of carbonyl (C=O) groups excluding carboxylic acids is 1. The maximum Gasteiger partial charge on any atom is 0.334 e. The third-order valence-corrected chi connectivity index (χ3v) is 5.52. The summed E-state index contributed by atoms with van der Waals surface area (Å²) in [4.78, 5) is 11.7. The molecule has 4 aromatic rings. The van der Waals surface area contributed by atoms with Gasteiger partial charge in [-0.25, -0.2) is 8.78 Å². The quantitative estimate of drug-likeness (QED) is 0.244. The maximum atomic E-state index is 15.3. The van der Waals surface area contributed by atoms with Crippen LogP contribution >= 0.6 is 0 Å². The molecule has 0 saturated heterocycles. The summed E-state index contributed by atoms with van der Waals surface area (Å²) >= 11 is 0. The van der Waals surface area contributed by atoms with Crippen molar-refractivity contribution >= 4 is 22.6 Å². The average Bonchev–Trinajstić information content (AvgIpc) is 3.34. The van der Waals surface area contributed by atoms with Gasteiger partial charge in [-0.05, 0) is 35.9 Å². The van der Waals surface area contributed by atoms with Crippen LogP contribution in [0.25, 0.3) is 22.2 Å². The maximum absolute atomic E-state index is 15.3. The average molecular weight is 469 g/mol. The third kappa shape index (κ3) is 3.26. The predicted octanol–water partition coefficient (Wildman–Crippen LogP) is 3.06. The minimum atomic E-state index is -4.15.